The van der Waals surface area contributed by atoms with Gasteiger partial charge in [0.15, 0.2) is 0 Å². The molecule has 5 heteroatoms. The molecule has 3 nitrogen and oxygen atoms in total. The molecule has 0 bridgehead atoms. The third-order valence-corrected chi connectivity index (χ3v) is 0. The van der Waals surface area contributed by atoms with E-state index in [1.54, 1.807) is 0 Å². The van der Waals surface area contributed by atoms with Crippen LogP contribution in [0, 0.1) is 0 Å². The quantitative estimate of drug-likeness (QED) is 0.427. The maximum Gasteiger partial charge on any atom is 2.00 e. The fraction of sp³-hybridized carbons (Fsp3) is 0. The molecule has 0 atom stereocenters. The molecule has 0 aromatic heterocycles. The maximum atomic E-state index is 8.59. The van der Waals surface area contributed by atoms with Crippen LogP contribution >= 0.6 is 0 Å². The Hall–Kier alpha value is 1.44. The fourth-order valence-corrected chi connectivity index (χ4v) is 0. The molecule has 0 rings (SSSR count). The van der Waals surface area contributed by atoms with E-state index in [-0.39, 0.29) is 27.7 Å². The van der Waals surface area contributed by atoms with Crippen molar-refractivity contribution in [2.75, 3.05) is 0 Å². The first-order valence-electron chi connectivity index (χ1n) is 0.500. The normalized spacial score (nSPS) is 7.00. The topological polar surface area (TPSA) is 63.2 Å². The van der Waals surface area contributed by atoms with Crippen molar-refractivity contribution in [3.63, 3.8) is 0 Å². The van der Waals surface area contributed by atoms with E-state index < -0.39 is 20.4 Å². The van der Waals surface area contributed by atoms with Crippen LogP contribution in [0.15, 0.2) is 0 Å². The van der Waals surface area contributed by atoms with Crippen LogP contribution in [0.2, 0.25) is 0 Å². The molecule has 5 heavy (non-hydrogen) atoms. The van der Waals surface area contributed by atoms with E-state index in [0.717, 1.165) is 0 Å². The molecule has 0 amide bonds. The number of hydrogen-bond acceptors (Lipinski definition) is 3. The van der Waals surface area contributed by atoms with Crippen molar-refractivity contribution in [3.8, 4) is 0 Å². The molecule has 0 aliphatic heterocycles. The molecular weight excluding hydrogens is 376 g/mol. The molecular formula is HgO3Te. The largest absolute Gasteiger partial charge is 2.00 e. The zero-order chi connectivity index (χ0) is 3.58. The molecule has 0 fully saturated rings. The average Bonchev–Trinajstić information content (AvgIpc) is 0.811. The Morgan fingerprint density at radius 2 is 1.40 bits per heavy atom. The summed E-state index contributed by atoms with van der Waals surface area (Å²) in [7, 11) is 0. The van der Waals surface area contributed by atoms with Gasteiger partial charge < -0.3 is 0 Å². The molecule has 0 heterocycles. The van der Waals surface area contributed by atoms with Crippen LogP contribution in [-0.4, -0.2) is 20.4 Å². The zero-order valence-corrected chi connectivity index (χ0v) is 10.2. The number of hydrogen-bond donors (Lipinski definition) is 0. The van der Waals surface area contributed by atoms with E-state index >= 15 is 0 Å². The van der Waals surface area contributed by atoms with Gasteiger partial charge in [-0.25, -0.2) is 0 Å². The summed E-state index contributed by atoms with van der Waals surface area (Å²) in [4.78, 5) is 0. The van der Waals surface area contributed by atoms with Gasteiger partial charge in [-0.3, -0.25) is 0 Å². The van der Waals surface area contributed by atoms with Crippen LogP contribution in [0.1, 0.15) is 0 Å². The van der Waals surface area contributed by atoms with Crippen LogP contribution in [0.25, 0.3) is 0 Å². The van der Waals surface area contributed by atoms with Crippen LogP contribution in [-0.2, 0) is 30.8 Å². The predicted molar refractivity (Wildman–Crippen MR) is 6.44 cm³/mol. The van der Waals surface area contributed by atoms with Gasteiger partial charge in [0.05, 0.1) is 0 Å². The molecule has 0 aliphatic carbocycles. The second-order valence-corrected chi connectivity index (χ2v) is 1.37. The van der Waals surface area contributed by atoms with E-state index in [0.29, 0.717) is 0 Å². The molecule has 0 saturated heterocycles. The van der Waals surface area contributed by atoms with Gasteiger partial charge in [0.1, 0.15) is 0 Å². The van der Waals surface area contributed by atoms with E-state index in [2.05, 4.69) is 0 Å². The summed E-state index contributed by atoms with van der Waals surface area (Å²) in [6.07, 6.45) is 0. The Morgan fingerprint density at radius 3 is 1.40 bits per heavy atom. The SMILES string of the molecule is O=[Te]([O-])[O-].[Hg+2]. The molecule has 0 aromatic rings. The van der Waals surface area contributed by atoms with Gasteiger partial charge >= 0.3 is 58.1 Å². The van der Waals surface area contributed by atoms with Gasteiger partial charge in [-0.05, 0) is 0 Å². The monoisotopic (exact) mass is 380 g/mol. The second kappa shape index (κ2) is 5.44. The smallest absolute Gasteiger partial charge is 2.00 e. The van der Waals surface area contributed by atoms with E-state index in [9.17, 15) is 0 Å². The zero-order valence-electron chi connectivity index (χ0n) is 2.34. The van der Waals surface area contributed by atoms with Crippen LogP contribution in [0.4, 0.5) is 0 Å². The van der Waals surface area contributed by atoms with Gasteiger partial charge in [0.2, 0.25) is 0 Å². The van der Waals surface area contributed by atoms with Crippen LogP contribution in [0.5, 0.6) is 0 Å². The van der Waals surface area contributed by atoms with Crippen LogP contribution < -0.4 is 6.94 Å². The molecule has 0 N–H and O–H groups in total. The fourth-order valence-electron chi connectivity index (χ4n) is 0. The first-order chi connectivity index (χ1) is 1.73. The first kappa shape index (κ1) is 9.67. The minimum Gasteiger partial charge on any atom is 2.00 e. The Balaban J connectivity index is 0. The van der Waals surface area contributed by atoms with Gasteiger partial charge in [-0.15, -0.1) is 0 Å². The molecule has 0 spiro atoms. The van der Waals surface area contributed by atoms with Crippen molar-refractivity contribution in [2.45, 2.75) is 0 Å². The van der Waals surface area contributed by atoms with Crippen molar-refractivity contribution in [1.82, 2.24) is 0 Å². The molecule has 0 aliphatic rings. The van der Waals surface area contributed by atoms with Gasteiger partial charge in [0, 0.05) is 0 Å². The number of rotatable bonds is 0. The maximum absolute atomic E-state index is 8.59. The summed E-state index contributed by atoms with van der Waals surface area (Å²) in [6, 6.07) is 0. The average molecular weight is 376 g/mol. The van der Waals surface area contributed by atoms with Crippen molar-refractivity contribution in [1.29, 1.82) is 0 Å². The second-order valence-electron chi connectivity index (χ2n) is 0.204. The third kappa shape index (κ3) is 31.0. The summed E-state index contributed by atoms with van der Waals surface area (Å²) < 4.78 is 25.8. The van der Waals surface area contributed by atoms with E-state index in [4.69, 9.17) is 10.0 Å². The molecule has 0 radical (unpaired) electrons. The minimum atomic E-state index is -4.11. The van der Waals surface area contributed by atoms with Crippen molar-refractivity contribution in [2.24, 2.45) is 0 Å². The summed E-state index contributed by atoms with van der Waals surface area (Å²) >= 11 is -4.11. The summed E-state index contributed by atoms with van der Waals surface area (Å²) in [5, 5.41) is 0. The Morgan fingerprint density at radius 1 is 1.40 bits per heavy atom. The van der Waals surface area contributed by atoms with Crippen molar-refractivity contribution < 1.29 is 37.7 Å². The van der Waals surface area contributed by atoms with E-state index in [1.807, 2.05) is 0 Å². The van der Waals surface area contributed by atoms with Gasteiger partial charge in [0.25, 0.3) is 0 Å². The molecule has 0 unspecified atom stereocenters. The Kier molecular flexibility index (Phi) is 10.5. The third-order valence-electron chi connectivity index (χ3n) is 0. The van der Waals surface area contributed by atoms with Crippen LogP contribution in [0.3, 0.4) is 0 Å². The molecule has 26 valence electrons. The van der Waals surface area contributed by atoms with E-state index in [1.165, 1.54) is 0 Å². The molecule has 0 saturated carbocycles. The first-order valence-corrected chi connectivity index (χ1v) is 3.35. The predicted octanol–water partition coefficient (Wildman–Crippen LogP) is -2.88. The van der Waals surface area contributed by atoms with Gasteiger partial charge in [-0.1, -0.05) is 0 Å². The standard InChI is InChI=1S/Hg.H2O3Te/c;1-4(2)3/h;(H2,1,2,3)/q+2;/p-2. The summed E-state index contributed by atoms with van der Waals surface area (Å²) in [5.74, 6) is 0. The van der Waals surface area contributed by atoms with Crippen molar-refractivity contribution in [3.05, 3.63) is 0 Å². The van der Waals surface area contributed by atoms with Gasteiger partial charge in [-0.2, -0.15) is 0 Å². The van der Waals surface area contributed by atoms with Crippen molar-refractivity contribution >= 4 is 20.4 Å². The Bertz CT molecular complexity index is 29.9. The summed E-state index contributed by atoms with van der Waals surface area (Å²) in [6.45, 7) is 0. The minimum absolute atomic E-state index is 0. The Labute approximate surface area is 57.6 Å². The molecule has 0 aromatic carbocycles. The summed E-state index contributed by atoms with van der Waals surface area (Å²) in [5.41, 5.74) is 0.